The first-order chi connectivity index (χ1) is 27.5. The number of phenolic OH excluding ortho intramolecular Hbond substituents is 1. The molecule has 0 aromatic heterocycles. The van der Waals surface area contributed by atoms with E-state index in [9.17, 15) is 27.9 Å². The molecule has 4 aromatic rings. The summed E-state index contributed by atoms with van der Waals surface area (Å²) in [7, 11) is 0. The first kappa shape index (κ1) is 38.6. The van der Waals surface area contributed by atoms with Crippen molar-refractivity contribution >= 4 is 17.5 Å². The summed E-state index contributed by atoms with van der Waals surface area (Å²) in [4.78, 5) is 32.3. The molecule has 2 amide bonds. The number of carbonyl (C=O) groups excluding carboxylic acids is 2. The van der Waals surface area contributed by atoms with E-state index in [4.69, 9.17) is 4.74 Å². The monoisotopic (exact) mass is 778 g/mol. The molecule has 8 nitrogen and oxygen atoms in total. The predicted molar refractivity (Wildman–Crippen MR) is 214 cm³/mol. The maximum atomic E-state index is 13.3. The van der Waals surface area contributed by atoms with Gasteiger partial charge in [0.1, 0.15) is 17.5 Å². The van der Waals surface area contributed by atoms with Gasteiger partial charge in [-0.05, 0) is 140 Å². The number of piperidine rings is 1. The molecule has 8 rings (SSSR count). The molecule has 298 valence electrons. The first-order valence-electron chi connectivity index (χ1n) is 20.1. The second-order valence-electron chi connectivity index (χ2n) is 15.9. The summed E-state index contributed by atoms with van der Waals surface area (Å²) in [5, 5.41) is 13.0. The number of anilines is 1. The standard InChI is InChI=1S/C46H49F3N4O4/c1-30-8-19-42(44(55)50-30)53-29-34-26-36(14-17-41(34)45(53)56)52-23-21-51(22-24-52)20-3-2-4-25-57-38-7-5-6-33(28-38)43-39(16-11-32-27-37(54)15-18-40(32)43)31-9-12-35(13-10-31)46(47,48)49/h5-7,9-10,12-15,17-18,26-28,39,42-43,54H,1-4,8,11,16,19-25,29H2,(H,50,55)/t39-,42?,43+/m1/s1. The minimum Gasteiger partial charge on any atom is -0.508 e. The molecule has 4 aromatic carbocycles. The van der Waals surface area contributed by atoms with Crippen molar-refractivity contribution in [3.05, 3.63) is 136 Å². The van der Waals surface area contributed by atoms with E-state index in [2.05, 4.69) is 39.9 Å². The van der Waals surface area contributed by atoms with Gasteiger partial charge < -0.3 is 25.0 Å². The fourth-order valence-corrected chi connectivity index (χ4v) is 9.17. The highest BCUT2D eigenvalue weighted by Crippen LogP contribution is 2.48. The highest BCUT2D eigenvalue weighted by molar-refractivity contribution is 6.01. The molecule has 3 aliphatic heterocycles. The maximum absolute atomic E-state index is 13.3. The molecule has 1 unspecified atom stereocenters. The third-order valence-electron chi connectivity index (χ3n) is 12.2. The van der Waals surface area contributed by atoms with Crippen LogP contribution >= 0.6 is 0 Å². The van der Waals surface area contributed by atoms with Crippen LogP contribution in [0.5, 0.6) is 11.5 Å². The quantitative estimate of drug-likeness (QED) is 0.149. The van der Waals surface area contributed by atoms with Crippen molar-refractivity contribution in [1.29, 1.82) is 0 Å². The number of carbonyl (C=O) groups is 2. The summed E-state index contributed by atoms with van der Waals surface area (Å²) >= 11 is 0. The molecule has 0 bridgehead atoms. The van der Waals surface area contributed by atoms with Crippen molar-refractivity contribution in [1.82, 2.24) is 15.1 Å². The molecule has 1 aliphatic carbocycles. The van der Waals surface area contributed by atoms with E-state index >= 15 is 0 Å². The number of halogens is 3. The van der Waals surface area contributed by atoms with Crippen LogP contribution < -0.4 is 15.0 Å². The van der Waals surface area contributed by atoms with Crippen molar-refractivity contribution in [2.45, 2.75) is 75.5 Å². The first-order valence-corrected chi connectivity index (χ1v) is 20.1. The number of aryl methyl sites for hydroxylation is 1. The summed E-state index contributed by atoms with van der Waals surface area (Å²) in [6, 6.07) is 24.7. The predicted octanol–water partition coefficient (Wildman–Crippen LogP) is 8.39. The van der Waals surface area contributed by atoms with Gasteiger partial charge in [0.2, 0.25) is 5.91 Å². The minimum atomic E-state index is -4.39. The molecular formula is C46H49F3N4O4. The minimum absolute atomic E-state index is 0.0229. The van der Waals surface area contributed by atoms with Crippen molar-refractivity contribution < 1.29 is 32.6 Å². The van der Waals surface area contributed by atoms with Crippen LogP contribution in [-0.2, 0) is 23.9 Å². The van der Waals surface area contributed by atoms with E-state index in [1.807, 2.05) is 30.3 Å². The van der Waals surface area contributed by atoms with Gasteiger partial charge in [0.05, 0.1) is 12.2 Å². The molecule has 0 spiro atoms. The zero-order valence-corrected chi connectivity index (χ0v) is 32.1. The normalized spacial score (nSPS) is 21.3. The van der Waals surface area contributed by atoms with E-state index in [0.717, 1.165) is 104 Å². The highest BCUT2D eigenvalue weighted by atomic mass is 19.4. The van der Waals surface area contributed by atoms with Crippen LogP contribution in [0.3, 0.4) is 0 Å². The average Bonchev–Trinajstić information content (AvgIpc) is 3.53. The smallest absolute Gasteiger partial charge is 0.416 e. The number of ether oxygens (including phenoxy) is 1. The second-order valence-corrected chi connectivity index (χ2v) is 15.9. The summed E-state index contributed by atoms with van der Waals surface area (Å²) in [6.45, 7) is 9.68. The number of benzene rings is 4. The summed E-state index contributed by atoms with van der Waals surface area (Å²) < 4.78 is 46.3. The van der Waals surface area contributed by atoms with Gasteiger partial charge >= 0.3 is 6.18 Å². The van der Waals surface area contributed by atoms with Crippen LogP contribution in [0.1, 0.15) is 94.1 Å². The van der Waals surface area contributed by atoms with Gasteiger partial charge in [0.15, 0.2) is 0 Å². The van der Waals surface area contributed by atoms with Crippen LogP contribution in [0.2, 0.25) is 0 Å². The van der Waals surface area contributed by atoms with Crippen molar-refractivity contribution in [3.63, 3.8) is 0 Å². The highest BCUT2D eigenvalue weighted by Gasteiger charge is 2.39. The Morgan fingerprint density at radius 3 is 2.40 bits per heavy atom. The number of allylic oxidation sites excluding steroid dienone is 1. The van der Waals surface area contributed by atoms with Crippen LogP contribution in [0, 0.1) is 0 Å². The lowest BCUT2D eigenvalue weighted by Gasteiger charge is -2.36. The number of piperazine rings is 1. The Morgan fingerprint density at radius 1 is 0.825 bits per heavy atom. The lowest BCUT2D eigenvalue weighted by Crippen LogP contribution is -2.49. The Hall–Kier alpha value is -5.29. The number of amides is 2. The van der Waals surface area contributed by atoms with Gasteiger partial charge in [-0.1, -0.05) is 36.9 Å². The second kappa shape index (κ2) is 16.3. The summed E-state index contributed by atoms with van der Waals surface area (Å²) in [5.74, 6) is 0.644. The third kappa shape index (κ3) is 8.40. The third-order valence-corrected chi connectivity index (χ3v) is 12.2. The fourth-order valence-electron chi connectivity index (χ4n) is 9.17. The van der Waals surface area contributed by atoms with Crippen LogP contribution in [0.15, 0.2) is 97.2 Å². The Balaban J connectivity index is 0.808. The largest absolute Gasteiger partial charge is 0.508 e. The van der Waals surface area contributed by atoms with Crippen molar-refractivity contribution in [3.8, 4) is 11.5 Å². The summed E-state index contributed by atoms with van der Waals surface area (Å²) in [5.41, 5.74) is 6.89. The molecule has 57 heavy (non-hydrogen) atoms. The lowest BCUT2D eigenvalue weighted by atomic mass is 9.69. The van der Waals surface area contributed by atoms with Crippen molar-refractivity contribution in [2.24, 2.45) is 0 Å². The van der Waals surface area contributed by atoms with Gasteiger partial charge in [-0.3, -0.25) is 14.5 Å². The topological polar surface area (TPSA) is 85.4 Å². The van der Waals surface area contributed by atoms with E-state index in [0.29, 0.717) is 37.3 Å². The molecule has 2 fully saturated rings. The Morgan fingerprint density at radius 2 is 1.63 bits per heavy atom. The number of aromatic hydroxyl groups is 1. The number of nitrogens with zero attached hydrogens (tertiary/aromatic N) is 3. The van der Waals surface area contributed by atoms with E-state index in [1.165, 1.54) is 12.1 Å². The number of alkyl halides is 3. The molecule has 11 heteroatoms. The number of unbranched alkanes of at least 4 members (excludes halogenated alkanes) is 2. The molecule has 4 aliphatic rings. The number of hydrogen-bond donors (Lipinski definition) is 2. The van der Waals surface area contributed by atoms with Crippen LogP contribution in [0.4, 0.5) is 18.9 Å². The number of phenols is 1. The maximum Gasteiger partial charge on any atom is 0.416 e. The van der Waals surface area contributed by atoms with Gasteiger partial charge in [0, 0.05) is 55.6 Å². The average molecular weight is 779 g/mol. The molecular weight excluding hydrogens is 730 g/mol. The number of hydrogen-bond acceptors (Lipinski definition) is 6. The number of rotatable bonds is 11. The molecule has 0 saturated carbocycles. The van der Waals surface area contributed by atoms with Gasteiger partial charge in [0.25, 0.3) is 5.91 Å². The number of nitrogens with one attached hydrogen (secondary N) is 1. The zero-order valence-electron chi connectivity index (χ0n) is 32.1. The van der Waals surface area contributed by atoms with Gasteiger partial charge in [-0.25, -0.2) is 0 Å². The van der Waals surface area contributed by atoms with Gasteiger partial charge in [-0.2, -0.15) is 13.2 Å². The fraction of sp³-hybridized carbons (Fsp3) is 0.391. The zero-order chi connectivity index (χ0) is 39.7. The Bertz CT molecular complexity index is 2130. The Labute approximate surface area is 331 Å². The summed E-state index contributed by atoms with van der Waals surface area (Å²) in [6.07, 6.45) is 1.42. The van der Waals surface area contributed by atoms with E-state index in [-0.39, 0.29) is 29.4 Å². The van der Waals surface area contributed by atoms with E-state index in [1.54, 1.807) is 29.2 Å². The Kier molecular flexibility index (Phi) is 11.0. The SMILES string of the molecule is C=C1CCC(N2Cc3cc(N4CCN(CCCCCOc5cccc([C@@H]6c7ccc(O)cc7CC[C@@H]6c6ccc(C(F)(F)F)cc6)c5)CC4)ccc3C2=O)C(=O)N1. The van der Waals surface area contributed by atoms with E-state index < -0.39 is 17.8 Å². The lowest BCUT2D eigenvalue weighted by molar-refractivity contribution is -0.137. The molecule has 2 N–H and O–H groups in total. The molecule has 3 heterocycles. The molecule has 3 atom stereocenters. The van der Waals surface area contributed by atoms with Crippen molar-refractivity contribution in [2.75, 3.05) is 44.2 Å². The van der Waals surface area contributed by atoms with Crippen LogP contribution in [-0.4, -0.2) is 72.1 Å². The van der Waals surface area contributed by atoms with Gasteiger partial charge in [-0.15, -0.1) is 0 Å². The molecule has 2 saturated heterocycles. The molecule has 0 radical (unpaired) electrons. The number of fused-ring (bicyclic) bond motifs is 2. The van der Waals surface area contributed by atoms with Crippen LogP contribution in [0.25, 0.3) is 0 Å².